The van der Waals surface area contributed by atoms with Crippen molar-refractivity contribution in [3.8, 4) is 0 Å². The first-order chi connectivity index (χ1) is 6.02. The fourth-order valence-electron chi connectivity index (χ4n) is 1.02. The van der Waals surface area contributed by atoms with Gasteiger partial charge in [-0.05, 0) is 19.3 Å². The van der Waals surface area contributed by atoms with Gasteiger partial charge in [-0.15, -0.1) is 0 Å². The van der Waals surface area contributed by atoms with Crippen molar-refractivity contribution in [3.05, 3.63) is 0 Å². The summed E-state index contributed by atoms with van der Waals surface area (Å²) in [6, 6.07) is 0. The fraction of sp³-hybridized carbons (Fsp3) is 1.00. The number of alkyl halides is 4. The third-order valence-electron chi connectivity index (χ3n) is 2.02. The van der Waals surface area contributed by atoms with Crippen LogP contribution in [-0.4, -0.2) is 15.7 Å². The summed E-state index contributed by atoms with van der Waals surface area (Å²) in [6.07, 6.45) is 3.97. The van der Waals surface area contributed by atoms with Gasteiger partial charge in [0.1, 0.15) is 0 Å². The average Bonchev–Trinajstić information content (AvgIpc) is 2.14. The molecule has 0 N–H and O–H groups in total. The van der Waals surface area contributed by atoms with Gasteiger partial charge in [0, 0.05) is 15.7 Å². The molecule has 0 fully saturated rings. The summed E-state index contributed by atoms with van der Waals surface area (Å²) >= 11 is 10.4. The van der Waals surface area contributed by atoms with Crippen LogP contribution in [0.4, 0.5) is 0 Å². The highest BCUT2D eigenvalue weighted by molar-refractivity contribution is 14.1. The Hall–Kier alpha value is 2.92. The molecule has 0 aromatic rings. The minimum Gasteiger partial charge on any atom is -0.0815 e. The number of hydrogen-bond acceptors (Lipinski definition) is 0. The fourth-order valence-corrected chi connectivity index (χ4v) is 4.69. The highest BCUT2D eigenvalue weighted by atomic mass is 127. The molecule has 0 heterocycles. The largest absolute Gasteiger partial charge is 0.0815 e. The molecule has 13 heavy (non-hydrogen) atoms. The molecule has 0 amide bonds. The zero-order valence-electron chi connectivity index (χ0n) is 7.94. The molecular formula is C9H16I4. The van der Waals surface area contributed by atoms with Crippen molar-refractivity contribution in [1.29, 1.82) is 0 Å². The third kappa shape index (κ3) is 6.96. The molecule has 0 aliphatic rings. The van der Waals surface area contributed by atoms with E-state index in [1.165, 1.54) is 19.3 Å². The molecule has 4 atom stereocenters. The molecular weight excluding hydrogens is 616 g/mol. The summed E-state index contributed by atoms with van der Waals surface area (Å²) in [5.74, 6) is 0. The van der Waals surface area contributed by atoms with Crippen LogP contribution in [0.1, 0.15) is 33.1 Å². The van der Waals surface area contributed by atoms with Crippen molar-refractivity contribution in [3.63, 3.8) is 0 Å². The van der Waals surface area contributed by atoms with Gasteiger partial charge in [0.15, 0.2) is 0 Å². The van der Waals surface area contributed by atoms with Crippen LogP contribution < -0.4 is 0 Å². The van der Waals surface area contributed by atoms with Crippen LogP contribution in [0, 0.1) is 0 Å². The van der Waals surface area contributed by atoms with Gasteiger partial charge < -0.3 is 0 Å². The number of hydrogen-bond donors (Lipinski definition) is 0. The van der Waals surface area contributed by atoms with E-state index in [9.17, 15) is 0 Å². The number of halogens is 4. The SMILES string of the molecule is CCC(I)C(I)C[C@@H](I)C(I)CC. The van der Waals surface area contributed by atoms with Crippen LogP contribution in [-0.2, 0) is 0 Å². The molecule has 0 rings (SSSR count). The molecule has 4 heteroatoms. The van der Waals surface area contributed by atoms with Gasteiger partial charge in [-0.25, -0.2) is 0 Å². The second-order valence-corrected chi connectivity index (χ2v) is 9.52. The molecule has 0 radical (unpaired) electrons. The minimum atomic E-state index is 0.842. The Labute approximate surface area is 137 Å². The summed E-state index contributed by atoms with van der Waals surface area (Å²) in [7, 11) is 0. The Morgan fingerprint density at radius 3 is 1.23 bits per heavy atom. The van der Waals surface area contributed by atoms with Crippen LogP contribution in [0.25, 0.3) is 0 Å². The lowest BCUT2D eigenvalue weighted by Crippen LogP contribution is -2.22. The first-order valence-corrected chi connectivity index (χ1v) is 9.57. The van der Waals surface area contributed by atoms with Crippen LogP contribution in [0.15, 0.2) is 0 Å². The van der Waals surface area contributed by atoms with Gasteiger partial charge in [0.2, 0.25) is 0 Å². The van der Waals surface area contributed by atoms with Crippen molar-refractivity contribution in [2.75, 3.05) is 0 Å². The molecule has 0 saturated carbocycles. The molecule has 0 aromatic carbocycles. The molecule has 0 saturated heterocycles. The maximum atomic E-state index is 2.62. The van der Waals surface area contributed by atoms with Crippen LogP contribution >= 0.6 is 90.4 Å². The monoisotopic (exact) mass is 632 g/mol. The number of rotatable bonds is 6. The molecule has 0 aliphatic heterocycles. The normalized spacial score (nSPS) is 20.8. The molecule has 0 nitrogen and oxygen atoms in total. The quantitative estimate of drug-likeness (QED) is 0.272. The van der Waals surface area contributed by atoms with Gasteiger partial charge in [-0.1, -0.05) is 104 Å². The molecule has 0 bridgehead atoms. The molecule has 0 aliphatic carbocycles. The Bertz CT molecular complexity index is 115. The predicted octanol–water partition coefficient (Wildman–Crippen LogP) is 5.41. The van der Waals surface area contributed by atoms with E-state index in [2.05, 4.69) is 104 Å². The summed E-state index contributed by atoms with van der Waals surface area (Å²) in [4.78, 5) is 0. The first kappa shape index (κ1) is 15.9. The summed E-state index contributed by atoms with van der Waals surface area (Å²) in [5.41, 5.74) is 0. The molecule has 80 valence electrons. The van der Waals surface area contributed by atoms with Gasteiger partial charge in [0.05, 0.1) is 0 Å². The maximum absolute atomic E-state index is 2.62. The summed E-state index contributed by atoms with van der Waals surface area (Å²) in [5, 5.41) is 0. The molecule has 0 spiro atoms. The Morgan fingerprint density at radius 2 is 1.00 bits per heavy atom. The van der Waals surface area contributed by atoms with Crippen LogP contribution in [0.5, 0.6) is 0 Å². The molecule has 3 unspecified atom stereocenters. The van der Waals surface area contributed by atoms with E-state index in [1.54, 1.807) is 0 Å². The Morgan fingerprint density at radius 1 is 0.692 bits per heavy atom. The van der Waals surface area contributed by atoms with Crippen molar-refractivity contribution in [2.45, 2.75) is 48.8 Å². The topological polar surface area (TPSA) is 0 Å². The lowest BCUT2D eigenvalue weighted by Gasteiger charge is -2.21. The van der Waals surface area contributed by atoms with Crippen molar-refractivity contribution >= 4 is 90.4 Å². The highest BCUT2D eigenvalue weighted by Crippen LogP contribution is 2.30. The smallest absolute Gasteiger partial charge is 0.0238 e. The van der Waals surface area contributed by atoms with Crippen LogP contribution in [0.2, 0.25) is 0 Å². The third-order valence-corrected chi connectivity index (χ3v) is 11.0. The minimum absolute atomic E-state index is 0.842. The summed E-state index contributed by atoms with van der Waals surface area (Å²) in [6.45, 7) is 4.57. The second kappa shape index (κ2) is 9.00. The van der Waals surface area contributed by atoms with Gasteiger partial charge >= 0.3 is 0 Å². The van der Waals surface area contributed by atoms with Gasteiger partial charge in [-0.2, -0.15) is 0 Å². The van der Waals surface area contributed by atoms with Crippen LogP contribution in [0.3, 0.4) is 0 Å². The highest BCUT2D eigenvalue weighted by Gasteiger charge is 2.21. The van der Waals surface area contributed by atoms with Crippen molar-refractivity contribution in [2.24, 2.45) is 0 Å². The van der Waals surface area contributed by atoms with E-state index in [1.807, 2.05) is 0 Å². The predicted molar refractivity (Wildman–Crippen MR) is 96.4 cm³/mol. The average molecular weight is 632 g/mol. The standard InChI is InChI=1S/C9H16I4/c1-3-6(10)8(12)5-9(13)7(11)4-2/h6-9H,3-5H2,1-2H3/t6?,7?,8-,9?/m1/s1. The zero-order valence-corrected chi connectivity index (χ0v) is 16.6. The molecule has 0 aromatic heterocycles. The zero-order chi connectivity index (χ0) is 10.4. The van der Waals surface area contributed by atoms with E-state index in [-0.39, 0.29) is 0 Å². The summed E-state index contributed by atoms with van der Waals surface area (Å²) < 4.78 is 3.37. The van der Waals surface area contributed by atoms with E-state index >= 15 is 0 Å². The second-order valence-electron chi connectivity index (χ2n) is 3.12. The Balaban J connectivity index is 3.83. The van der Waals surface area contributed by atoms with Gasteiger partial charge in [0.25, 0.3) is 0 Å². The first-order valence-electron chi connectivity index (χ1n) is 4.59. The van der Waals surface area contributed by atoms with Gasteiger partial charge in [-0.3, -0.25) is 0 Å². The lowest BCUT2D eigenvalue weighted by molar-refractivity contribution is 0.695. The Kier molecular flexibility index (Phi) is 11.0. The van der Waals surface area contributed by atoms with E-state index in [4.69, 9.17) is 0 Å². The maximum Gasteiger partial charge on any atom is 0.0238 e. The van der Waals surface area contributed by atoms with Crippen molar-refractivity contribution < 1.29 is 0 Å². The van der Waals surface area contributed by atoms with E-state index in [0.717, 1.165) is 15.7 Å². The lowest BCUT2D eigenvalue weighted by atomic mass is 10.1. The van der Waals surface area contributed by atoms with E-state index in [0.29, 0.717) is 0 Å². The van der Waals surface area contributed by atoms with E-state index < -0.39 is 0 Å². The van der Waals surface area contributed by atoms with Crippen molar-refractivity contribution in [1.82, 2.24) is 0 Å².